The van der Waals surface area contributed by atoms with E-state index in [0.29, 0.717) is 0 Å². The molecule has 16 nitrogen and oxygen atoms in total. The molecule has 0 spiro atoms. The first kappa shape index (κ1) is 60.6. The molecule has 0 aromatic carbocycles. The van der Waals surface area contributed by atoms with Crippen molar-refractivity contribution in [1.29, 1.82) is 0 Å². The number of hydrogen-bond donors (Lipinski definition) is 0. The molecule has 0 aromatic heterocycles. The second-order valence-electron chi connectivity index (χ2n) is 20.9. The van der Waals surface area contributed by atoms with Crippen molar-refractivity contribution in [3.05, 3.63) is 0 Å². The van der Waals surface area contributed by atoms with Crippen molar-refractivity contribution in [2.75, 3.05) is 0 Å². The topological polar surface area (TPSA) is 148 Å². The van der Waals surface area contributed by atoms with Crippen LogP contribution in [0.2, 0.25) is 186 Å². The average molecular weight is 1200 g/mol. The highest BCUT2D eigenvalue weighted by Gasteiger charge is 2.46. The van der Waals surface area contributed by atoms with E-state index in [2.05, 4.69) is 137 Å². The molecule has 0 amide bonds. The summed E-state index contributed by atoms with van der Waals surface area (Å²) in [5.41, 5.74) is 0. The molecule has 6 unspecified atom stereocenters. The lowest BCUT2D eigenvalue weighted by Crippen LogP contribution is -2.56. The number of hydrogen-bond acceptors (Lipinski definition) is 16. The summed E-state index contributed by atoms with van der Waals surface area (Å²) in [6.45, 7) is 46.4. The molecule has 3 aliphatic rings. The van der Waals surface area contributed by atoms with E-state index in [1.807, 2.05) is 0 Å². The molecule has 0 aromatic rings. The third-order valence-corrected chi connectivity index (χ3v) is 74.3. The minimum Gasteiger partial charge on any atom is -0.437 e. The molecule has 3 aliphatic heterocycles. The molecule has 6 atom stereocenters. The number of rotatable bonds is 20. The highest BCUT2D eigenvalue weighted by atomic mass is 28.5. The van der Waals surface area contributed by atoms with Crippen LogP contribution >= 0.6 is 0 Å². The van der Waals surface area contributed by atoms with Gasteiger partial charge < -0.3 is 65.8 Å². The van der Waals surface area contributed by atoms with Gasteiger partial charge in [-0.2, -0.15) is 0 Å². The molecule has 63 heavy (non-hydrogen) atoms. The largest absolute Gasteiger partial charge is 0.437 e. The van der Waals surface area contributed by atoms with Crippen LogP contribution in [-0.4, -0.2) is 161 Å². The third kappa shape index (κ3) is 25.0. The van der Waals surface area contributed by atoms with Crippen molar-refractivity contribution >= 4 is 161 Å². The summed E-state index contributed by atoms with van der Waals surface area (Å²) in [7, 11) is -35.6. The van der Waals surface area contributed by atoms with E-state index in [9.17, 15) is 0 Å². The van der Waals surface area contributed by atoms with Gasteiger partial charge in [0.25, 0.3) is 74.3 Å². The Kier molecular flexibility index (Phi) is 24.8. The summed E-state index contributed by atoms with van der Waals surface area (Å²) in [6.07, 6.45) is 0. The van der Waals surface area contributed by atoms with Gasteiger partial charge in [0, 0.05) is 0 Å². The molecule has 0 N–H and O–H groups in total. The fourth-order valence-corrected chi connectivity index (χ4v) is 86.6. The van der Waals surface area contributed by atoms with Crippen molar-refractivity contribution in [1.82, 2.24) is 0 Å². The van der Waals surface area contributed by atoms with Gasteiger partial charge in [-0.15, -0.1) is 0 Å². The van der Waals surface area contributed by atoms with Crippen LogP contribution in [0.3, 0.4) is 0 Å². The lowest BCUT2D eigenvalue weighted by molar-refractivity contribution is 0.271. The zero-order valence-corrected chi connectivity index (χ0v) is 62.7. The summed E-state index contributed by atoms with van der Waals surface area (Å²) in [4.78, 5) is 0. The van der Waals surface area contributed by atoms with Gasteiger partial charge in [0.1, 0.15) is 0 Å². The predicted octanol–water partition coefficient (Wildman–Crippen LogP) is 5.05. The molecule has 0 aliphatic carbocycles. The van der Waals surface area contributed by atoms with Crippen LogP contribution < -0.4 is 0 Å². The first-order chi connectivity index (χ1) is 28.6. The molecule has 0 radical (unpaired) electrons. The second kappa shape index (κ2) is 25.8. The van der Waals surface area contributed by atoms with Crippen molar-refractivity contribution in [2.45, 2.75) is 186 Å². The quantitative estimate of drug-likeness (QED) is 0.150. The van der Waals surface area contributed by atoms with Gasteiger partial charge in [-0.25, -0.2) is 0 Å². The SMILES string of the molecule is C[SiH]1O[SiH](C)O[SiH](CC[Si](C)(C)O[Si](C)(C)O[Si](C)(C)CC[SiH]2O[SiH](C)O[Si](C)(CC[Si](C)(C)O[Si](C)(C)O[Si](C)(C)CC[SiH]3O[SiH](C)O[SiH](C)O[SiH](C)O3)O[SiH](C)O2)O[SiH](C)O1. The third-order valence-electron chi connectivity index (χ3n) is 10.6. The Morgan fingerprint density at radius 2 is 0.556 bits per heavy atom. The monoisotopic (exact) mass is 1200 g/mol. The van der Waals surface area contributed by atoms with E-state index < -0.39 is 161 Å². The van der Waals surface area contributed by atoms with E-state index in [4.69, 9.17) is 65.8 Å². The maximum absolute atomic E-state index is 7.05. The fourth-order valence-electron chi connectivity index (χ4n) is 8.79. The van der Waals surface area contributed by atoms with E-state index >= 15 is 0 Å². The smallest absolute Gasteiger partial charge is 0.316 e. The van der Waals surface area contributed by atoms with E-state index in [1.165, 1.54) is 0 Å². The second-order valence-corrected chi connectivity index (χ2v) is 74.8. The molecule has 0 saturated carbocycles. The molecule has 3 saturated heterocycles. The van der Waals surface area contributed by atoms with Crippen LogP contribution in [0, 0.1) is 0 Å². The van der Waals surface area contributed by atoms with Crippen molar-refractivity contribution < 1.29 is 65.8 Å². The fraction of sp³-hybridized carbons (Fsp3) is 1.00. The Balaban J connectivity index is 1.47. The summed E-state index contributed by atoms with van der Waals surface area (Å²) >= 11 is 0. The van der Waals surface area contributed by atoms with Crippen LogP contribution in [0.4, 0.5) is 0 Å². The van der Waals surface area contributed by atoms with Gasteiger partial charge in [0.05, 0.1) is 0 Å². The Bertz CT molecular complexity index is 1340. The molecule has 3 heterocycles. The van der Waals surface area contributed by atoms with E-state index in [1.54, 1.807) is 0 Å². The predicted molar refractivity (Wildman–Crippen MR) is 298 cm³/mol. The lowest BCUT2D eigenvalue weighted by atomic mass is 10.9. The first-order valence-electron chi connectivity index (χ1n) is 23.3. The lowest BCUT2D eigenvalue weighted by Gasteiger charge is -2.42. The molecule has 3 rings (SSSR count). The van der Waals surface area contributed by atoms with Crippen molar-refractivity contribution in [2.24, 2.45) is 0 Å². The van der Waals surface area contributed by atoms with Gasteiger partial charge in [0.2, 0.25) is 0 Å². The average Bonchev–Trinajstić information content (AvgIpc) is 3.03. The van der Waals surface area contributed by atoms with Crippen LogP contribution in [0.15, 0.2) is 0 Å². The van der Waals surface area contributed by atoms with Crippen LogP contribution in [0.25, 0.3) is 0 Å². The molecular weight excluding hydrogens is 1110 g/mol. The Morgan fingerprint density at radius 3 is 0.825 bits per heavy atom. The zero-order valence-electron chi connectivity index (χ0n) is 43.0. The van der Waals surface area contributed by atoms with Gasteiger partial charge in [-0.05, 0) is 186 Å². The van der Waals surface area contributed by atoms with Crippen LogP contribution in [0.1, 0.15) is 0 Å². The van der Waals surface area contributed by atoms with Gasteiger partial charge in [-0.3, -0.25) is 0 Å². The highest BCUT2D eigenvalue weighted by molar-refractivity contribution is 6.90. The van der Waals surface area contributed by atoms with Gasteiger partial charge in [0.15, 0.2) is 33.3 Å². The first-order valence-corrected chi connectivity index (χ1v) is 66.0. The van der Waals surface area contributed by atoms with Gasteiger partial charge in [-0.1, -0.05) is 0 Å². The molecule has 3 fully saturated rings. The van der Waals surface area contributed by atoms with Crippen molar-refractivity contribution in [3.63, 3.8) is 0 Å². The maximum Gasteiger partial charge on any atom is 0.316 e. The Labute approximate surface area is 409 Å². The standard InChI is InChI=1S/C29H90O16Si18/c1-46-30-48(3)34-54(35-49(4)31-46)22-25-57(9,10)42-61(17,18)43-59(13,14)27-24-56-38-52(7)40-63(21,41-53(8)39-56)29-28-60(15,16)45-62(19,20)44-58(11,12)26-23-55-36-50(5)32-47(2)33-51(6)37-55/h46-56H,22-29H2,1-21H3. The Hall–Kier alpha value is 3.26. The Morgan fingerprint density at radius 1 is 0.333 bits per heavy atom. The normalized spacial score (nSPS) is 34.3. The zero-order chi connectivity index (χ0) is 47.8. The molecule has 34 heteroatoms. The molecule has 374 valence electrons. The van der Waals surface area contributed by atoms with Gasteiger partial charge >= 0.3 is 53.5 Å². The maximum atomic E-state index is 7.05. The summed E-state index contributed by atoms with van der Waals surface area (Å²) in [6, 6.07) is 7.46. The van der Waals surface area contributed by atoms with Crippen LogP contribution in [0.5, 0.6) is 0 Å². The van der Waals surface area contributed by atoms with Crippen LogP contribution in [-0.2, 0) is 65.8 Å². The highest BCUT2D eigenvalue weighted by Crippen LogP contribution is 2.33. The minimum atomic E-state index is -2.55. The summed E-state index contributed by atoms with van der Waals surface area (Å²) in [5.74, 6) is 0. The van der Waals surface area contributed by atoms with E-state index in [-0.39, 0.29) is 0 Å². The van der Waals surface area contributed by atoms with E-state index in [0.717, 1.165) is 48.4 Å². The van der Waals surface area contributed by atoms with Crippen molar-refractivity contribution in [3.8, 4) is 0 Å². The molecule has 0 bridgehead atoms. The summed E-state index contributed by atoms with van der Waals surface area (Å²) < 4.78 is 105. The minimum absolute atomic E-state index is 0.865. The molecular formula is C29H90O16Si18. The summed E-state index contributed by atoms with van der Waals surface area (Å²) in [5, 5.41) is 0.